The molecule has 0 aromatic heterocycles. The Morgan fingerprint density at radius 3 is 1.90 bits per heavy atom. The van der Waals surface area contributed by atoms with E-state index in [1.54, 1.807) is 7.11 Å². The lowest BCUT2D eigenvalue weighted by atomic mass is 9.84. The summed E-state index contributed by atoms with van der Waals surface area (Å²) in [6.07, 6.45) is 0.353. The van der Waals surface area contributed by atoms with E-state index in [1.165, 1.54) is 0 Å². The molecule has 110 valence electrons. The van der Waals surface area contributed by atoms with Crippen molar-refractivity contribution in [2.75, 3.05) is 13.7 Å². The molecule has 0 radical (unpaired) electrons. The molecule has 0 fully saturated rings. The zero-order valence-electron chi connectivity index (χ0n) is 12.5. The number of hydrogen-bond donors (Lipinski definition) is 1. The third-order valence-electron chi connectivity index (χ3n) is 3.62. The molecule has 0 bridgehead atoms. The van der Waals surface area contributed by atoms with E-state index < -0.39 is 5.54 Å². The molecule has 0 saturated carbocycles. The third-order valence-corrected chi connectivity index (χ3v) is 3.62. The van der Waals surface area contributed by atoms with Crippen LogP contribution in [-0.2, 0) is 15.1 Å². The number of hydrogen-bond acceptors (Lipinski definition) is 2. The first-order valence-corrected chi connectivity index (χ1v) is 7.08. The Bertz CT molecular complexity index is 527. The smallest absolute Gasteiger partial charge is 0.223 e. The summed E-state index contributed by atoms with van der Waals surface area (Å²) in [7, 11) is 1.60. The average Bonchev–Trinajstić information content (AvgIpc) is 2.54. The summed E-state index contributed by atoms with van der Waals surface area (Å²) in [4.78, 5) is 12.2. The third kappa shape index (κ3) is 3.70. The number of benzene rings is 2. The van der Waals surface area contributed by atoms with Crippen LogP contribution in [-0.4, -0.2) is 19.6 Å². The van der Waals surface area contributed by atoms with Crippen LogP contribution in [0.5, 0.6) is 0 Å². The first-order chi connectivity index (χ1) is 10.2. The topological polar surface area (TPSA) is 38.3 Å². The van der Waals surface area contributed by atoms with Gasteiger partial charge < -0.3 is 10.1 Å². The van der Waals surface area contributed by atoms with E-state index in [1.807, 2.05) is 67.6 Å². The van der Waals surface area contributed by atoms with Gasteiger partial charge in [-0.15, -0.1) is 0 Å². The first-order valence-electron chi connectivity index (χ1n) is 7.08. The molecule has 2 aromatic rings. The fourth-order valence-electron chi connectivity index (χ4n) is 2.39. The summed E-state index contributed by atoms with van der Waals surface area (Å²) in [6.45, 7) is 2.45. The van der Waals surface area contributed by atoms with Crippen molar-refractivity contribution in [3.8, 4) is 0 Å². The van der Waals surface area contributed by atoms with E-state index in [2.05, 4.69) is 5.32 Å². The summed E-state index contributed by atoms with van der Waals surface area (Å²) in [5, 5.41) is 3.14. The van der Waals surface area contributed by atoms with Crippen molar-refractivity contribution in [3.63, 3.8) is 0 Å². The zero-order chi connectivity index (χ0) is 15.1. The predicted molar refractivity (Wildman–Crippen MR) is 84.0 cm³/mol. The fraction of sp³-hybridized carbons (Fsp3) is 0.278. The molecule has 0 spiro atoms. The number of ether oxygens (including phenoxy) is 1. The van der Waals surface area contributed by atoms with Gasteiger partial charge in [-0.05, 0) is 18.1 Å². The number of amides is 1. The Labute approximate surface area is 126 Å². The maximum absolute atomic E-state index is 12.2. The van der Waals surface area contributed by atoms with Crippen LogP contribution in [0.15, 0.2) is 60.7 Å². The van der Waals surface area contributed by atoms with Crippen LogP contribution in [0.1, 0.15) is 24.5 Å². The summed E-state index contributed by atoms with van der Waals surface area (Å²) < 4.78 is 4.98. The van der Waals surface area contributed by atoms with Crippen LogP contribution >= 0.6 is 0 Å². The molecule has 2 rings (SSSR count). The van der Waals surface area contributed by atoms with E-state index in [9.17, 15) is 4.79 Å². The highest BCUT2D eigenvalue weighted by atomic mass is 16.5. The van der Waals surface area contributed by atoms with E-state index in [0.717, 1.165) is 11.1 Å². The molecular formula is C18H21NO2. The second-order valence-electron chi connectivity index (χ2n) is 5.15. The molecule has 0 aliphatic heterocycles. The maximum Gasteiger partial charge on any atom is 0.223 e. The van der Waals surface area contributed by atoms with E-state index in [0.29, 0.717) is 13.0 Å². The molecule has 0 saturated heterocycles. The van der Waals surface area contributed by atoms with Crippen LogP contribution in [0.3, 0.4) is 0 Å². The lowest BCUT2D eigenvalue weighted by molar-refractivity contribution is -0.123. The minimum absolute atomic E-state index is 0.0212. The van der Waals surface area contributed by atoms with Gasteiger partial charge in [0.25, 0.3) is 0 Å². The van der Waals surface area contributed by atoms with Gasteiger partial charge in [0.2, 0.25) is 5.91 Å². The van der Waals surface area contributed by atoms with Crippen molar-refractivity contribution in [2.45, 2.75) is 18.9 Å². The molecule has 3 heteroatoms. The van der Waals surface area contributed by atoms with Gasteiger partial charge >= 0.3 is 0 Å². The zero-order valence-corrected chi connectivity index (χ0v) is 12.5. The highest BCUT2D eigenvalue weighted by Gasteiger charge is 2.30. The summed E-state index contributed by atoms with van der Waals surface area (Å²) in [5.41, 5.74) is 1.57. The van der Waals surface area contributed by atoms with E-state index in [4.69, 9.17) is 4.74 Å². The molecule has 0 atom stereocenters. The molecule has 0 heterocycles. The number of rotatable bonds is 6. The van der Waals surface area contributed by atoms with Gasteiger partial charge in [0.1, 0.15) is 0 Å². The number of carbonyl (C=O) groups is 1. The largest absolute Gasteiger partial charge is 0.384 e. The lowest BCUT2D eigenvalue weighted by Gasteiger charge is -2.32. The summed E-state index contributed by atoms with van der Waals surface area (Å²) in [6, 6.07) is 20.0. The van der Waals surface area contributed by atoms with Crippen LogP contribution in [0.2, 0.25) is 0 Å². The normalized spacial score (nSPS) is 11.1. The Kier molecular flexibility index (Phi) is 5.12. The Balaban J connectivity index is 2.33. The number of carbonyl (C=O) groups excluding carboxylic acids is 1. The van der Waals surface area contributed by atoms with Crippen molar-refractivity contribution in [2.24, 2.45) is 0 Å². The highest BCUT2D eigenvalue weighted by Crippen LogP contribution is 2.29. The van der Waals surface area contributed by atoms with Gasteiger partial charge in [-0.1, -0.05) is 60.7 Å². The summed E-state index contributed by atoms with van der Waals surface area (Å²) in [5.74, 6) is -0.0212. The van der Waals surface area contributed by atoms with Gasteiger partial charge in [0.05, 0.1) is 12.1 Å². The van der Waals surface area contributed by atoms with Gasteiger partial charge in [-0.3, -0.25) is 4.79 Å². The van der Waals surface area contributed by atoms with Gasteiger partial charge in [-0.25, -0.2) is 0 Å². The monoisotopic (exact) mass is 283 g/mol. The minimum Gasteiger partial charge on any atom is -0.384 e. The molecule has 2 aromatic carbocycles. The Morgan fingerprint density at radius 1 is 1.00 bits per heavy atom. The van der Waals surface area contributed by atoms with Crippen LogP contribution in [0.4, 0.5) is 0 Å². The maximum atomic E-state index is 12.2. The van der Waals surface area contributed by atoms with Crippen LogP contribution in [0, 0.1) is 0 Å². The number of methoxy groups -OCH3 is 1. The standard InChI is InChI=1S/C18H21NO2/c1-18(15-9-5-3-6-10-15,16-11-7-4-8-12-16)19-17(20)13-14-21-2/h3-12H,13-14H2,1-2H3,(H,19,20). The fourth-order valence-corrected chi connectivity index (χ4v) is 2.39. The SMILES string of the molecule is COCCC(=O)NC(C)(c1ccccc1)c1ccccc1. The Morgan fingerprint density at radius 2 is 1.48 bits per heavy atom. The number of nitrogens with one attached hydrogen (secondary N) is 1. The highest BCUT2D eigenvalue weighted by molar-refractivity contribution is 5.77. The van der Waals surface area contributed by atoms with Crippen LogP contribution < -0.4 is 5.32 Å². The molecule has 0 unspecified atom stereocenters. The lowest BCUT2D eigenvalue weighted by Crippen LogP contribution is -2.44. The molecule has 0 aliphatic carbocycles. The Hall–Kier alpha value is -2.13. The van der Waals surface area contributed by atoms with Crippen molar-refractivity contribution >= 4 is 5.91 Å². The van der Waals surface area contributed by atoms with Crippen molar-refractivity contribution in [1.82, 2.24) is 5.32 Å². The van der Waals surface area contributed by atoms with Gasteiger partial charge in [-0.2, -0.15) is 0 Å². The van der Waals surface area contributed by atoms with Crippen molar-refractivity contribution in [3.05, 3.63) is 71.8 Å². The molecule has 1 N–H and O–H groups in total. The first kappa shape index (κ1) is 15.3. The van der Waals surface area contributed by atoms with E-state index in [-0.39, 0.29) is 5.91 Å². The van der Waals surface area contributed by atoms with Crippen LogP contribution in [0.25, 0.3) is 0 Å². The van der Waals surface area contributed by atoms with Gasteiger partial charge in [0, 0.05) is 13.5 Å². The molecule has 0 aliphatic rings. The summed E-state index contributed by atoms with van der Waals surface area (Å²) >= 11 is 0. The van der Waals surface area contributed by atoms with Gasteiger partial charge in [0.15, 0.2) is 0 Å². The average molecular weight is 283 g/mol. The quantitative estimate of drug-likeness (QED) is 0.884. The minimum atomic E-state index is -0.548. The molecule has 3 nitrogen and oxygen atoms in total. The second-order valence-corrected chi connectivity index (χ2v) is 5.15. The molecule has 21 heavy (non-hydrogen) atoms. The molecular weight excluding hydrogens is 262 g/mol. The van der Waals surface area contributed by atoms with Crippen molar-refractivity contribution in [1.29, 1.82) is 0 Å². The molecule has 1 amide bonds. The predicted octanol–water partition coefficient (Wildman–Crippen LogP) is 3.10. The van der Waals surface area contributed by atoms with E-state index >= 15 is 0 Å². The second kappa shape index (κ2) is 7.04. The van der Waals surface area contributed by atoms with Crippen molar-refractivity contribution < 1.29 is 9.53 Å².